The zero-order valence-electron chi connectivity index (χ0n) is 16.0. The van der Waals surface area contributed by atoms with E-state index in [2.05, 4.69) is 15.1 Å². The van der Waals surface area contributed by atoms with E-state index in [1.165, 1.54) is 0 Å². The second-order valence-electron chi connectivity index (χ2n) is 7.09. The lowest BCUT2D eigenvalue weighted by atomic mass is 10.0. The average Bonchev–Trinajstić information content (AvgIpc) is 2.78. The highest BCUT2D eigenvalue weighted by Crippen LogP contribution is 2.17. The SMILES string of the molecule is Cc1cc(C[C@@H]2COCCN(C(=O)Cc3c(C)nn(C)c3C)C2)ncn1. The van der Waals surface area contributed by atoms with Crippen LogP contribution in [0, 0.1) is 26.7 Å². The summed E-state index contributed by atoms with van der Waals surface area (Å²) in [5.41, 5.74) is 4.97. The van der Waals surface area contributed by atoms with E-state index in [4.69, 9.17) is 4.74 Å². The van der Waals surface area contributed by atoms with Gasteiger partial charge in [0, 0.05) is 48.7 Å². The first-order valence-electron chi connectivity index (χ1n) is 9.06. The van der Waals surface area contributed by atoms with Crippen LogP contribution in [0.1, 0.15) is 28.3 Å². The van der Waals surface area contributed by atoms with Gasteiger partial charge in [0.25, 0.3) is 0 Å². The molecule has 3 heterocycles. The standard InChI is InChI=1S/C19H27N5O2/c1-13-7-17(21-12-20-13)8-16-10-24(5-6-26-11-16)19(25)9-18-14(2)22-23(4)15(18)3/h7,12,16H,5-6,8-11H2,1-4H3/t16-/m0/s1. The smallest absolute Gasteiger partial charge is 0.227 e. The van der Waals surface area contributed by atoms with E-state index in [9.17, 15) is 4.79 Å². The molecule has 0 N–H and O–H groups in total. The fourth-order valence-electron chi connectivity index (χ4n) is 3.48. The van der Waals surface area contributed by atoms with Gasteiger partial charge in [0.2, 0.25) is 5.91 Å². The van der Waals surface area contributed by atoms with Gasteiger partial charge in [-0.3, -0.25) is 9.48 Å². The minimum atomic E-state index is 0.138. The number of hydrogen-bond acceptors (Lipinski definition) is 5. The van der Waals surface area contributed by atoms with Gasteiger partial charge in [-0.05, 0) is 33.3 Å². The van der Waals surface area contributed by atoms with E-state index in [0.29, 0.717) is 32.7 Å². The molecule has 1 amide bonds. The van der Waals surface area contributed by atoms with Crippen molar-refractivity contribution in [1.82, 2.24) is 24.6 Å². The Balaban J connectivity index is 1.67. The maximum absolute atomic E-state index is 12.9. The number of nitrogens with zero attached hydrogens (tertiary/aromatic N) is 5. The maximum atomic E-state index is 12.9. The van der Waals surface area contributed by atoms with Crippen molar-refractivity contribution < 1.29 is 9.53 Å². The molecule has 7 heteroatoms. The van der Waals surface area contributed by atoms with Gasteiger partial charge in [-0.25, -0.2) is 9.97 Å². The molecule has 1 aliphatic heterocycles. The summed E-state index contributed by atoms with van der Waals surface area (Å²) in [7, 11) is 1.91. The molecule has 1 atom stereocenters. The fraction of sp³-hybridized carbons (Fsp3) is 0.579. The molecule has 3 rings (SSSR count). The van der Waals surface area contributed by atoms with Gasteiger partial charge >= 0.3 is 0 Å². The Bertz CT molecular complexity index is 786. The van der Waals surface area contributed by atoms with E-state index in [1.807, 2.05) is 43.5 Å². The number of carbonyl (C=O) groups is 1. The molecule has 0 spiro atoms. The van der Waals surface area contributed by atoms with E-state index in [0.717, 1.165) is 34.8 Å². The molecule has 0 aromatic carbocycles. The average molecular weight is 357 g/mol. The molecule has 2 aromatic rings. The van der Waals surface area contributed by atoms with Crippen molar-refractivity contribution >= 4 is 5.91 Å². The molecule has 0 saturated carbocycles. The van der Waals surface area contributed by atoms with E-state index in [1.54, 1.807) is 6.33 Å². The van der Waals surface area contributed by atoms with Crippen molar-refractivity contribution in [3.05, 3.63) is 40.7 Å². The van der Waals surface area contributed by atoms with Gasteiger partial charge in [-0.15, -0.1) is 0 Å². The van der Waals surface area contributed by atoms with Crippen LogP contribution in [0.15, 0.2) is 12.4 Å². The van der Waals surface area contributed by atoms with Crippen LogP contribution in [-0.4, -0.2) is 56.9 Å². The van der Waals surface area contributed by atoms with E-state index < -0.39 is 0 Å². The first-order valence-corrected chi connectivity index (χ1v) is 9.06. The number of aryl methyl sites for hydroxylation is 3. The van der Waals surface area contributed by atoms with Crippen molar-refractivity contribution in [1.29, 1.82) is 0 Å². The Morgan fingerprint density at radius 1 is 1.31 bits per heavy atom. The summed E-state index contributed by atoms with van der Waals surface area (Å²) >= 11 is 0. The van der Waals surface area contributed by atoms with E-state index >= 15 is 0 Å². The van der Waals surface area contributed by atoms with Gasteiger partial charge in [-0.1, -0.05) is 0 Å². The highest BCUT2D eigenvalue weighted by atomic mass is 16.5. The molecule has 0 bridgehead atoms. The largest absolute Gasteiger partial charge is 0.379 e. The molecular formula is C19H27N5O2. The molecule has 0 radical (unpaired) electrons. The normalized spacial score (nSPS) is 18.0. The Morgan fingerprint density at radius 3 is 2.81 bits per heavy atom. The van der Waals surface area contributed by atoms with Crippen LogP contribution < -0.4 is 0 Å². The van der Waals surface area contributed by atoms with Crippen molar-refractivity contribution in [2.75, 3.05) is 26.3 Å². The maximum Gasteiger partial charge on any atom is 0.227 e. The molecule has 2 aromatic heterocycles. The number of hydrogen-bond donors (Lipinski definition) is 0. The van der Waals surface area contributed by atoms with Crippen molar-refractivity contribution in [3.63, 3.8) is 0 Å². The molecule has 7 nitrogen and oxygen atoms in total. The zero-order chi connectivity index (χ0) is 18.7. The number of amides is 1. The Labute approximate surface area is 154 Å². The first-order chi connectivity index (χ1) is 12.4. The summed E-state index contributed by atoms with van der Waals surface area (Å²) < 4.78 is 7.58. The third-order valence-corrected chi connectivity index (χ3v) is 5.04. The topological polar surface area (TPSA) is 73.1 Å². The molecule has 26 heavy (non-hydrogen) atoms. The predicted octanol–water partition coefficient (Wildman–Crippen LogP) is 1.40. The summed E-state index contributed by atoms with van der Waals surface area (Å²) in [5.74, 6) is 0.380. The Hall–Kier alpha value is -2.28. The van der Waals surface area contributed by atoms with E-state index in [-0.39, 0.29) is 11.8 Å². The lowest BCUT2D eigenvalue weighted by Crippen LogP contribution is -2.37. The number of rotatable bonds is 4. The second kappa shape index (κ2) is 7.95. The van der Waals surface area contributed by atoms with Gasteiger partial charge < -0.3 is 9.64 Å². The van der Waals surface area contributed by atoms with Crippen LogP contribution in [-0.2, 0) is 29.4 Å². The Morgan fingerprint density at radius 2 is 2.12 bits per heavy atom. The quantitative estimate of drug-likeness (QED) is 0.827. The second-order valence-corrected chi connectivity index (χ2v) is 7.09. The lowest BCUT2D eigenvalue weighted by molar-refractivity contribution is -0.130. The highest BCUT2D eigenvalue weighted by Gasteiger charge is 2.24. The van der Waals surface area contributed by atoms with Crippen LogP contribution >= 0.6 is 0 Å². The third kappa shape index (κ3) is 4.27. The first kappa shape index (κ1) is 18.5. The van der Waals surface area contributed by atoms with Crippen molar-refractivity contribution in [2.45, 2.75) is 33.6 Å². The van der Waals surface area contributed by atoms with Gasteiger partial charge in [0.15, 0.2) is 0 Å². The fourth-order valence-corrected chi connectivity index (χ4v) is 3.48. The number of carbonyl (C=O) groups excluding carboxylic acids is 1. The third-order valence-electron chi connectivity index (χ3n) is 5.04. The van der Waals surface area contributed by atoms with Crippen molar-refractivity contribution in [3.8, 4) is 0 Å². The van der Waals surface area contributed by atoms with Gasteiger partial charge in [0.05, 0.1) is 25.3 Å². The lowest BCUT2D eigenvalue weighted by Gasteiger charge is -2.23. The zero-order valence-corrected chi connectivity index (χ0v) is 16.0. The predicted molar refractivity (Wildman–Crippen MR) is 97.7 cm³/mol. The minimum Gasteiger partial charge on any atom is -0.379 e. The van der Waals surface area contributed by atoms with Crippen LogP contribution in [0.2, 0.25) is 0 Å². The van der Waals surface area contributed by atoms with Crippen LogP contribution in [0.25, 0.3) is 0 Å². The molecule has 0 unspecified atom stereocenters. The van der Waals surface area contributed by atoms with Crippen LogP contribution in [0.4, 0.5) is 0 Å². The summed E-state index contributed by atoms with van der Waals surface area (Å²) in [6.07, 6.45) is 2.78. The number of aromatic nitrogens is 4. The molecule has 0 aliphatic carbocycles. The Kier molecular flexibility index (Phi) is 5.66. The summed E-state index contributed by atoms with van der Waals surface area (Å²) in [4.78, 5) is 23.3. The highest BCUT2D eigenvalue weighted by molar-refractivity contribution is 5.79. The molecule has 1 fully saturated rings. The van der Waals surface area contributed by atoms with Crippen molar-refractivity contribution in [2.24, 2.45) is 13.0 Å². The summed E-state index contributed by atoms with van der Waals surface area (Å²) in [5, 5.41) is 4.41. The number of ether oxygens (including phenoxy) is 1. The van der Waals surface area contributed by atoms with Gasteiger partial charge in [-0.2, -0.15) is 5.10 Å². The molecule has 140 valence electrons. The van der Waals surface area contributed by atoms with Crippen LogP contribution in [0.5, 0.6) is 0 Å². The molecule has 1 saturated heterocycles. The van der Waals surface area contributed by atoms with Gasteiger partial charge in [0.1, 0.15) is 6.33 Å². The molecule has 1 aliphatic rings. The monoisotopic (exact) mass is 357 g/mol. The van der Waals surface area contributed by atoms with Crippen LogP contribution in [0.3, 0.4) is 0 Å². The molecular weight excluding hydrogens is 330 g/mol. The summed E-state index contributed by atoms with van der Waals surface area (Å²) in [6.45, 7) is 8.49. The summed E-state index contributed by atoms with van der Waals surface area (Å²) in [6, 6.07) is 2.00. The minimum absolute atomic E-state index is 0.138.